The van der Waals surface area contributed by atoms with Crippen molar-refractivity contribution in [3.63, 3.8) is 0 Å². The van der Waals surface area contributed by atoms with Crippen molar-refractivity contribution in [1.82, 2.24) is 15.2 Å². The zero-order valence-corrected chi connectivity index (χ0v) is 13.6. The molecule has 2 rings (SSSR count). The fourth-order valence-corrected chi connectivity index (χ4v) is 3.69. The van der Waals surface area contributed by atoms with E-state index in [0.717, 1.165) is 17.1 Å². The fraction of sp³-hybridized carbons (Fsp3) is 0.733. The third-order valence-corrected chi connectivity index (χ3v) is 5.14. The molecule has 1 amide bonds. The second kappa shape index (κ2) is 7.18. The molecule has 1 fully saturated rings. The number of aromatic nitrogens is 1. The van der Waals surface area contributed by atoms with Gasteiger partial charge in [-0.15, -0.1) is 11.3 Å². The highest BCUT2D eigenvalue weighted by Gasteiger charge is 2.19. The van der Waals surface area contributed by atoms with E-state index in [9.17, 15) is 4.79 Å². The highest BCUT2D eigenvalue weighted by atomic mass is 32.1. The van der Waals surface area contributed by atoms with Gasteiger partial charge in [0.2, 0.25) is 5.91 Å². The maximum atomic E-state index is 11.9. The number of thiazole rings is 1. The summed E-state index contributed by atoms with van der Waals surface area (Å²) in [7, 11) is 2.17. The number of piperidine rings is 1. The molecule has 1 aliphatic heterocycles. The molecule has 0 spiro atoms. The van der Waals surface area contributed by atoms with Crippen molar-refractivity contribution in [3.05, 3.63) is 15.6 Å². The SMILES string of the molecule is Cc1nc(C)c(CNC(=O)CC[C@@H]2CCCCN2C)s1. The first-order chi connectivity index (χ1) is 9.56. The molecule has 0 bridgehead atoms. The molecule has 2 heterocycles. The van der Waals surface area contributed by atoms with Crippen LogP contribution in [0.4, 0.5) is 0 Å². The van der Waals surface area contributed by atoms with E-state index in [0.29, 0.717) is 19.0 Å². The van der Waals surface area contributed by atoms with Crippen LogP contribution in [0.5, 0.6) is 0 Å². The van der Waals surface area contributed by atoms with E-state index in [2.05, 4.69) is 22.2 Å². The van der Waals surface area contributed by atoms with Crippen molar-refractivity contribution in [2.75, 3.05) is 13.6 Å². The normalized spacial score (nSPS) is 20.1. The van der Waals surface area contributed by atoms with Crippen molar-refractivity contribution in [2.24, 2.45) is 0 Å². The van der Waals surface area contributed by atoms with Crippen LogP contribution in [0, 0.1) is 13.8 Å². The molecule has 1 saturated heterocycles. The Balaban J connectivity index is 1.71. The van der Waals surface area contributed by atoms with Crippen molar-refractivity contribution in [2.45, 2.75) is 58.5 Å². The highest BCUT2D eigenvalue weighted by Crippen LogP contribution is 2.19. The van der Waals surface area contributed by atoms with Crippen LogP contribution in [0.1, 0.15) is 47.7 Å². The Hall–Kier alpha value is -0.940. The summed E-state index contributed by atoms with van der Waals surface area (Å²) in [6, 6.07) is 0.585. The van der Waals surface area contributed by atoms with Gasteiger partial charge in [-0.1, -0.05) is 6.42 Å². The summed E-state index contributed by atoms with van der Waals surface area (Å²) in [6.07, 6.45) is 5.44. The number of aryl methyl sites for hydroxylation is 2. The zero-order valence-electron chi connectivity index (χ0n) is 12.7. The summed E-state index contributed by atoms with van der Waals surface area (Å²) in [5.41, 5.74) is 1.04. The maximum absolute atomic E-state index is 11.9. The van der Waals surface area contributed by atoms with Gasteiger partial charge in [-0.25, -0.2) is 4.98 Å². The average molecular weight is 295 g/mol. The standard InChI is InChI=1S/C15H25N3OS/c1-11-14(20-12(2)17-11)10-16-15(19)8-7-13-6-4-5-9-18(13)3/h13H,4-10H2,1-3H3,(H,16,19)/t13-/m0/s1. The van der Waals surface area contributed by atoms with Crippen LogP contribution in [0.25, 0.3) is 0 Å². The van der Waals surface area contributed by atoms with Crippen LogP contribution in [0.15, 0.2) is 0 Å². The number of nitrogens with one attached hydrogen (secondary N) is 1. The summed E-state index contributed by atoms with van der Waals surface area (Å²) in [5.74, 6) is 0.162. The van der Waals surface area contributed by atoms with Gasteiger partial charge in [-0.05, 0) is 46.7 Å². The smallest absolute Gasteiger partial charge is 0.220 e. The molecule has 0 unspecified atom stereocenters. The molecule has 4 nitrogen and oxygen atoms in total. The number of likely N-dealkylation sites (tertiary alicyclic amines) is 1. The van der Waals surface area contributed by atoms with Gasteiger partial charge in [-0.3, -0.25) is 4.79 Å². The fourth-order valence-electron chi connectivity index (χ4n) is 2.81. The molecule has 20 heavy (non-hydrogen) atoms. The van der Waals surface area contributed by atoms with Gasteiger partial charge in [0.05, 0.1) is 17.2 Å². The van der Waals surface area contributed by atoms with Crippen LogP contribution >= 0.6 is 11.3 Å². The lowest BCUT2D eigenvalue weighted by Gasteiger charge is -2.32. The number of nitrogens with zero attached hydrogens (tertiary/aromatic N) is 2. The molecule has 5 heteroatoms. The number of carbonyl (C=O) groups excluding carboxylic acids is 1. The quantitative estimate of drug-likeness (QED) is 0.908. The van der Waals surface area contributed by atoms with Gasteiger partial charge in [0, 0.05) is 17.3 Å². The largest absolute Gasteiger partial charge is 0.351 e. The predicted octanol–water partition coefficient (Wildman–Crippen LogP) is 2.64. The highest BCUT2D eigenvalue weighted by molar-refractivity contribution is 7.11. The number of rotatable bonds is 5. The van der Waals surface area contributed by atoms with E-state index < -0.39 is 0 Å². The molecular weight excluding hydrogens is 270 g/mol. The Bertz CT molecular complexity index is 458. The monoisotopic (exact) mass is 295 g/mol. The van der Waals surface area contributed by atoms with Crippen LogP contribution < -0.4 is 5.32 Å². The summed E-state index contributed by atoms with van der Waals surface area (Å²) in [4.78, 5) is 19.9. The number of carbonyl (C=O) groups is 1. The lowest BCUT2D eigenvalue weighted by atomic mass is 9.98. The number of hydrogen-bond donors (Lipinski definition) is 1. The van der Waals surface area contributed by atoms with Crippen LogP contribution in [0.2, 0.25) is 0 Å². The average Bonchev–Trinajstić information content (AvgIpc) is 2.74. The second-order valence-electron chi connectivity index (χ2n) is 5.69. The Kier molecular flexibility index (Phi) is 5.54. The lowest BCUT2D eigenvalue weighted by Crippen LogP contribution is -2.37. The Labute approximate surface area is 125 Å². The van der Waals surface area contributed by atoms with E-state index in [4.69, 9.17) is 0 Å². The van der Waals surface area contributed by atoms with Gasteiger partial charge >= 0.3 is 0 Å². The molecule has 1 aromatic rings. The molecule has 0 radical (unpaired) electrons. The summed E-state index contributed by atoms with van der Waals surface area (Å²) in [6.45, 7) is 5.80. The first kappa shape index (κ1) is 15.4. The second-order valence-corrected chi connectivity index (χ2v) is 6.97. The van der Waals surface area contributed by atoms with E-state index >= 15 is 0 Å². The van der Waals surface area contributed by atoms with Crippen molar-refractivity contribution >= 4 is 17.2 Å². The van der Waals surface area contributed by atoms with Gasteiger partial charge in [0.15, 0.2) is 0 Å². The lowest BCUT2D eigenvalue weighted by molar-refractivity contribution is -0.121. The minimum atomic E-state index is 0.162. The topological polar surface area (TPSA) is 45.2 Å². The predicted molar refractivity (Wildman–Crippen MR) is 82.9 cm³/mol. The van der Waals surface area contributed by atoms with Crippen molar-refractivity contribution < 1.29 is 4.79 Å². The van der Waals surface area contributed by atoms with Crippen LogP contribution in [-0.2, 0) is 11.3 Å². The van der Waals surface area contributed by atoms with Crippen LogP contribution in [-0.4, -0.2) is 35.4 Å². The first-order valence-electron chi connectivity index (χ1n) is 7.46. The molecule has 112 valence electrons. The van der Waals surface area contributed by atoms with Gasteiger partial charge in [0.1, 0.15) is 0 Å². The molecule has 1 atom stereocenters. The first-order valence-corrected chi connectivity index (χ1v) is 8.27. The Morgan fingerprint density at radius 1 is 1.45 bits per heavy atom. The molecular formula is C15H25N3OS. The van der Waals surface area contributed by atoms with E-state index in [1.807, 2.05) is 13.8 Å². The minimum Gasteiger partial charge on any atom is -0.351 e. The van der Waals surface area contributed by atoms with E-state index in [-0.39, 0.29) is 5.91 Å². The number of hydrogen-bond acceptors (Lipinski definition) is 4. The third kappa shape index (κ3) is 4.28. The Morgan fingerprint density at radius 2 is 2.25 bits per heavy atom. The summed E-state index contributed by atoms with van der Waals surface area (Å²) >= 11 is 1.67. The zero-order chi connectivity index (χ0) is 14.5. The van der Waals surface area contributed by atoms with Crippen LogP contribution in [0.3, 0.4) is 0 Å². The molecule has 0 aliphatic carbocycles. The Morgan fingerprint density at radius 3 is 2.90 bits per heavy atom. The van der Waals surface area contributed by atoms with Gasteiger partial charge in [0.25, 0.3) is 0 Å². The molecule has 1 aliphatic rings. The molecule has 0 saturated carbocycles. The van der Waals surface area contributed by atoms with E-state index in [1.165, 1.54) is 30.7 Å². The van der Waals surface area contributed by atoms with E-state index in [1.54, 1.807) is 11.3 Å². The van der Waals surface area contributed by atoms with Crippen molar-refractivity contribution in [3.8, 4) is 0 Å². The summed E-state index contributed by atoms with van der Waals surface area (Å²) < 4.78 is 0. The molecule has 1 aromatic heterocycles. The summed E-state index contributed by atoms with van der Waals surface area (Å²) in [5, 5.41) is 4.09. The molecule has 1 N–H and O–H groups in total. The third-order valence-electron chi connectivity index (χ3n) is 4.07. The molecule has 0 aromatic carbocycles. The minimum absolute atomic E-state index is 0.162. The maximum Gasteiger partial charge on any atom is 0.220 e. The number of amides is 1. The van der Waals surface area contributed by atoms with Gasteiger partial charge < -0.3 is 10.2 Å². The van der Waals surface area contributed by atoms with Crippen molar-refractivity contribution in [1.29, 1.82) is 0 Å². The van der Waals surface area contributed by atoms with Gasteiger partial charge in [-0.2, -0.15) is 0 Å².